The van der Waals surface area contributed by atoms with Crippen LogP contribution >= 0.6 is 0 Å². The maximum Gasteiger partial charge on any atom is 0.416 e. The Labute approximate surface area is 144 Å². The minimum Gasteiger partial charge on any atom is -0.492 e. The Hall–Kier alpha value is -2.70. The van der Waals surface area contributed by atoms with E-state index in [1.54, 1.807) is 0 Å². The molecule has 0 saturated carbocycles. The van der Waals surface area contributed by atoms with Crippen LogP contribution in [0.25, 0.3) is 0 Å². The number of carbonyl (C=O) groups is 1. The summed E-state index contributed by atoms with van der Waals surface area (Å²) in [7, 11) is 0. The Balaban J connectivity index is 1.71. The number of nitrogens with one attached hydrogen (secondary N) is 2. The van der Waals surface area contributed by atoms with Crippen molar-refractivity contribution in [3.05, 3.63) is 59.7 Å². The molecule has 0 aliphatic heterocycles. The lowest BCUT2D eigenvalue weighted by Crippen LogP contribution is -2.32. The highest BCUT2D eigenvalue weighted by atomic mass is 19.4. The summed E-state index contributed by atoms with van der Waals surface area (Å²) in [6.45, 7) is 2.61. The third-order valence-corrected chi connectivity index (χ3v) is 3.46. The van der Waals surface area contributed by atoms with E-state index in [1.807, 2.05) is 24.3 Å². The van der Waals surface area contributed by atoms with Crippen molar-refractivity contribution < 1.29 is 22.7 Å². The molecular weight excluding hydrogens is 333 g/mol. The monoisotopic (exact) mass is 352 g/mol. The highest BCUT2D eigenvalue weighted by Crippen LogP contribution is 2.29. The second-order valence-electron chi connectivity index (χ2n) is 5.30. The molecule has 0 atom stereocenters. The fourth-order valence-electron chi connectivity index (χ4n) is 2.07. The number of urea groups is 1. The zero-order chi connectivity index (χ0) is 18.3. The molecule has 2 aromatic carbocycles. The van der Waals surface area contributed by atoms with Gasteiger partial charge in [0, 0.05) is 5.69 Å². The van der Waals surface area contributed by atoms with E-state index in [0.717, 1.165) is 18.6 Å². The van der Waals surface area contributed by atoms with Gasteiger partial charge in [-0.3, -0.25) is 0 Å². The average Bonchev–Trinajstić information content (AvgIpc) is 2.59. The van der Waals surface area contributed by atoms with Crippen molar-refractivity contribution in [1.82, 2.24) is 5.32 Å². The van der Waals surface area contributed by atoms with Gasteiger partial charge >= 0.3 is 12.2 Å². The lowest BCUT2D eigenvalue weighted by Gasteiger charge is -2.10. The van der Waals surface area contributed by atoms with Gasteiger partial charge in [0.25, 0.3) is 0 Å². The van der Waals surface area contributed by atoms with Gasteiger partial charge in [0.15, 0.2) is 0 Å². The van der Waals surface area contributed by atoms with Crippen molar-refractivity contribution in [2.24, 2.45) is 0 Å². The zero-order valence-electron chi connectivity index (χ0n) is 13.7. The average molecular weight is 352 g/mol. The Morgan fingerprint density at radius 1 is 1.04 bits per heavy atom. The molecule has 2 rings (SSSR count). The topological polar surface area (TPSA) is 50.4 Å². The number of anilines is 1. The van der Waals surface area contributed by atoms with Crippen LogP contribution in [0.5, 0.6) is 5.75 Å². The van der Waals surface area contributed by atoms with Gasteiger partial charge < -0.3 is 15.4 Å². The minimum atomic E-state index is -4.40. The number of hydrogen-bond acceptors (Lipinski definition) is 2. The van der Waals surface area contributed by atoms with Crippen LogP contribution in [0.2, 0.25) is 0 Å². The molecule has 7 heteroatoms. The van der Waals surface area contributed by atoms with E-state index in [4.69, 9.17) is 4.74 Å². The van der Waals surface area contributed by atoms with Crippen LogP contribution in [0.1, 0.15) is 18.1 Å². The summed E-state index contributed by atoms with van der Waals surface area (Å²) in [4.78, 5) is 11.7. The molecule has 0 spiro atoms. The zero-order valence-corrected chi connectivity index (χ0v) is 13.7. The SMILES string of the molecule is CCc1ccc(OCCNC(=O)Nc2ccc(C(F)(F)F)cc2)cc1. The molecule has 0 saturated heterocycles. The van der Waals surface area contributed by atoms with Gasteiger partial charge in [0.05, 0.1) is 12.1 Å². The Kier molecular flexibility index (Phi) is 6.27. The van der Waals surface area contributed by atoms with Crippen molar-refractivity contribution >= 4 is 11.7 Å². The highest BCUT2D eigenvalue weighted by Gasteiger charge is 2.29. The van der Waals surface area contributed by atoms with Crippen LogP contribution in [0, 0.1) is 0 Å². The van der Waals surface area contributed by atoms with E-state index in [-0.39, 0.29) is 18.8 Å². The maximum atomic E-state index is 12.5. The number of aryl methyl sites for hydroxylation is 1. The van der Waals surface area contributed by atoms with Crippen LogP contribution in [-0.4, -0.2) is 19.2 Å². The maximum absolute atomic E-state index is 12.5. The van der Waals surface area contributed by atoms with E-state index in [0.29, 0.717) is 5.75 Å². The molecule has 0 unspecified atom stereocenters. The summed E-state index contributed by atoms with van der Waals surface area (Å²) in [5.41, 5.74) is 0.726. The van der Waals surface area contributed by atoms with Crippen molar-refractivity contribution in [2.45, 2.75) is 19.5 Å². The third-order valence-electron chi connectivity index (χ3n) is 3.46. The van der Waals surface area contributed by atoms with Crippen LogP contribution in [-0.2, 0) is 12.6 Å². The van der Waals surface area contributed by atoms with Gasteiger partial charge in [0.1, 0.15) is 12.4 Å². The first kappa shape index (κ1) is 18.6. The molecule has 0 bridgehead atoms. The van der Waals surface area contributed by atoms with Gasteiger partial charge in [-0.05, 0) is 48.4 Å². The highest BCUT2D eigenvalue weighted by molar-refractivity contribution is 5.89. The van der Waals surface area contributed by atoms with Crippen LogP contribution < -0.4 is 15.4 Å². The molecule has 2 aromatic rings. The number of amides is 2. The number of halogens is 3. The number of benzene rings is 2. The van der Waals surface area contributed by atoms with E-state index in [1.165, 1.54) is 17.7 Å². The molecule has 0 heterocycles. The van der Waals surface area contributed by atoms with E-state index in [9.17, 15) is 18.0 Å². The van der Waals surface area contributed by atoms with Gasteiger partial charge in [-0.1, -0.05) is 19.1 Å². The van der Waals surface area contributed by atoms with Gasteiger partial charge in [-0.15, -0.1) is 0 Å². The molecule has 2 amide bonds. The molecule has 0 radical (unpaired) electrons. The molecular formula is C18H19F3N2O2. The fourth-order valence-corrected chi connectivity index (χ4v) is 2.07. The van der Waals surface area contributed by atoms with Crippen molar-refractivity contribution in [3.63, 3.8) is 0 Å². The number of ether oxygens (including phenoxy) is 1. The largest absolute Gasteiger partial charge is 0.492 e. The van der Waals surface area contributed by atoms with Gasteiger partial charge in [-0.25, -0.2) is 4.79 Å². The summed E-state index contributed by atoms with van der Waals surface area (Å²) in [5, 5.41) is 5.03. The van der Waals surface area contributed by atoms with Crippen LogP contribution in [0.15, 0.2) is 48.5 Å². The molecule has 0 aliphatic rings. The van der Waals surface area contributed by atoms with Crippen LogP contribution in [0.3, 0.4) is 0 Å². The number of carbonyl (C=O) groups excluding carboxylic acids is 1. The third kappa shape index (κ3) is 6.02. The summed E-state index contributed by atoms with van der Waals surface area (Å²) >= 11 is 0. The first-order valence-electron chi connectivity index (χ1n) is 7.82. The quantitative estimate of drug-likeness (QED) is 0.754. The second kappa shape index (κ2) is 8.41. The lowest BCUT2D eigenvalue weighted by molar-refractivity contribution is -0.137. The predicted octanol–water partition coefficient (Wildman–Crippen LogP) is 4.47. The normalized spacial score (nSPS) is 11.0. The van der Waals surface area contributed by atoms with Crippen molar-refractivity contribution in [2.75, 3.05) is 18.5 Å². The Morgan fingerprint density at radius 3 is 2.24 bits per heavy atom. The molecule has 2 N–H and O–H groups in total. The summed E-state index contributed by atoms with van der Waals surface area (Å²) in [6.07, 6.45) is -3.45. The molecule has 0 fully saturated rings. The number of alkyl halides is 3. The van der Waals surface area contributed by atoms with Gasteiger partial charge in [-0.2, -0.15) is 13.2 Å². The van der Waals surface area contributed by atoms with Crippen molar-refractivity contribution in [3.8, 4) is 5.75 Å². The lowest BCUT2D eigenvalue weighted by atomic mass is 10.2. The minimum absolute atomic E-state index is 0.266. The number of hydrogen-bond donors (Lipinski definition) is 2. The van der Waals surface area contributed by atoms with E-state index >= 15 is 0 Å². The molecule has 134 valence electrons. The Morgan fingerprint density at radius 2 is 1.68 bits per heavy atom. The van der Waals surface area contributed by atoms with Gasteiger partial charge in [0.2, 0.25) is 0 Å². The fraction of sp³-hybridized carbons (Fsp3) is 0.278. The van der Waals surface area contributed by atoms with E-state index in [2.05, 4.69) is 17.6 Å². The molecule has 0 aliphatic carbocycles. The van der Waals surface area contributed by atoms with Crippen molar-refractivity contribution in [1.29, 1.82) is 0 Å². The van der Waals surface area contributed by atoms with E-state index < -0.39 is 17.8 Å². The summed E-state index contributed by atoms with van der Waals surface area (Å²) in [5.74, 6) is 0.710. The Bertz CT molecular complexity index is 683. The molecule has 25 heavy (non-hydrogen) atoms. The number of rotatable bonds is 6. The molecule has 0 aromatic heterocycles. The summed E-state index contributed by atoms with van der Waals surface area (Å²) < 4.78 is 42.9. The standard InChI is InChI=1S/C18H19F3N2O2/c1-2-13-3-9-16(10-4-13)25-12-11-22-17(24)23-15-7-5-14(6-8-15)18(19,20)21/h3-10H,2,11-12H2,1H3,(H2,22,23,24). The smallest absolute Gasteiger partial charge is 0.416 e. The first-order valence-corrected chi connectivity index (χ1v) is 7.82. The predicted molar refractivity (Wildman–Crippen MR) is 89.8 cm³/mol. The molecule has 4 nitrogen and oxygen atoms in total. The first-order chi connectivity index (χ1) is 11.9. The second-order valence-corrected chi connectivity index (χ2v) is 5.30. The summed E-state index contributed by atoms with van der Waals surface area (Å²) in [6, 6.07) is 11.4. The van der Waals surface area contributed by atoms with Crippen LogP contribution in [0.4, 0.5) is 23.7 Å².